The van der Waals surface area contributed by atoms with Gasteiger partial charge in [0.1, 0.15) is 4.75 Å². The number of carbonyl (C=O) groups excluding carboxylic acids is 3. The van der Waals surface area contributed by atoms with Crippen molar-refractivity contribution in [2.45, 2.75) is 23.5 Å². The lowest BCUT2D eigenvalue weighted by atomic mass is 10.1. The standard InChI is InChI=1S/C19H20BrN3O5S/c1-19(2,29(27,28)15-8-6-13(20)7-9-15)18(26)23-14-5-3-4-12(10-14)17(25)22-11-16(21)24/h3-10H,11H2,1-2H3,(H2,21,24)(H,22,25)(H,23,26). The molecule has 154 valence electrons. The summed E-state index contributed by atoms with van der Waals surface area (Å²) in [7, 11) is -3.98. The van der Waals surface area contributed by atoms with E-state index in [0.29, 0.717) is 4.47 Å². The lowest BCUT2D eigenvalue weighted by Gasteiger charge is -2.24. The van der Waals surface area contributed by atoms with Crippen LogP contribution in [0.25, 0.3) is 0 Å². The molecule has 0 unspecified atom stereocenters. The van der Waals surface area contributed by atoms with E-state index in [1.807, 2.05) is 0 Å². The SMILES string of the molecule is CC(C)(C(=O)Nc1cccc(C(=O)NCC(N)=O)c1)S(=O)(=O)c1ccc(Br)cc1. The normalized spacial score (nSPS) is 11.6. The third-order valence-corrected chi connectivity index (χ3v) is 7.10. The number of halogens is 1. The minimum absolute atomic E-state index is 0.0143. The van der Waals surface area contributed by atoms with Crippen molar-refractivity contribution in [2.75, 3.05) is 11.9 Å². The summed E-state index contributed by atoms with van der Waals surface area (Å²) < 4.78 is 24.8. The van der Waals surface area contributed by atoms with E-state index in [0.717, 1.165) is 0 Å². The molecule has 2 aromatic carbocycles. The molecule has 4 N–H and O–H groups in total. The van der Waals surface area contributed by atoms with Crippen LogP contribution in [0.4, 0.5) is 5.69 Å². The van der Waals surface area contributed by atoms with Gasteiger partial charge in [-0.25, -0.2) is 8.42 Å². The molecule has 0 radical (unpaired) electrons. The molecule has 0 aromatic heterocycles. The molecule has 0 aliphatic rings. The van der Waals surface area contributed by atoms with Gasteiger partial charge in [0.2, 0.25) is 11.8 Å². The Balaban J connectivity index is 2.22. The van der Waals surface area contributed by atoms with Crippen molar-refractivity contribution >= 4 is 49.2 Å². The molecule has 0 aliphatic carbocycles. The molecule has 2 rings (SSSR count). The second-order valence-electron chi connectivity index (χ2n) is 6.65. The summed E-state index contributed by atoms with van der Waals surface area (Å²) in [4.78, 5) is 35.6. The van der Waals surface area contributed by atoms with Crippen molar-refractivity contribution in [3.05, 3.63) is 58.6 Å². The quantitative estimate of drug-likeness (QED) is 0.554. The number of hydrogen-bond donors (Lipinski definition) is 3. The lowest BCUT2D eigenvalue weighted by molar-refractivity contribution is -0.118. The van der Waals surface area contributed by atoms with Crippen molar-refractivity contribution in [1.82, 2.24) is 5.32 Å². The van der Waals surface area contributed by atoms with Gasteiger partial charge in [0.15, 0.2) is 9.84 Å². The zero-order valence-electron chi connectivity index (χ0n) is 15.7. The molecule has 3 amide bonds. The Morgan fingerprint density at radius 1 is 1.07 bits per heavy atom. The number of rotatable bonds is 7. The van der Waals surface area contributed by atoms with Gasteiger partial charge in [-0.1, -0.05) is 22.0 Å². The highest BCUT2D eigenvalue weighted by molar-refractivity contribution is 9.10. The number of sulfone groups is 1. The first kappa shape index (κ1) is 22.6. The molecule has 29 heavy (non-hydrogen) atoms. The predicted molar refractivity (Wildman–Crippen MR) is 112 cm³/mol. The molecular weight excluding hydrogens is 462 g/mol. The van der Waals surface area contributed by atoms with Crippen LogP contribution < -0.4 is 16.4 Å². The van der Waals surface area contributed by atoms with Crippen LogP contribution >= 0.6 is 15.9 Å². The van der Waals surface area contributed by atoms with Gasteiger partial charge in [-0.05, 0) is 56.3 Å². The summed E-state index contributed by atoms with van der Waals surface area (Å²) in [6.45, 7) is 2.29. The fourth-order valence-electron chi connectivity index (χ4n) is 2.32. The fourth-order valence-corrected chi connectivity index (χ4v) is 3.96. The van der Waals surface area contributed by atoms with E-state index < -0.39 is 32.3 Å². The Labute approximate surface area is 176 Å². The summed E-state index contributed by atoms with van der Waals surface area (Å²) in [5.41, 5.74) is 5.40. The average molecular weight is 482 g/mol. The lowest BCUT2D eigenvalue weighted by Crippen LogP contribution is -2.44. The van der Waals surface area contributed by atoms with Gasteiger partial charge in [-0.2, -0.15) is 0 Å². The Bertz CT molecular complexity index is 1050. The van der Waals surface area contributed by atoms with E-state index in [9.17, 15) is 22.8 Å². The number of anilines is 1. The van der Waals surface area contributed by atoms with E-state index in [1.165, 1.54) is 50.2 Å². The third kappa shape index (κ3) is 5.21. The van der Waals surface area contributed by atoms with Crippen LogP contribution in [-0.2, 0) is 19.4 Å². The monoisotopic (exact) mass is 481 g/mol. The van der Waals surface area contributed by atoms with Gasteiger partial charge in [-0.15, -0.1) is 0 Å². The molecule has 0 spiro atoms. The van der Waals surface area contributed by atoms with E-state index >= 15 is 0 Å². The molecule has 0 saturated heterocycles. The minimum Gasteiger partial charge on any atom is -0.368 e. The smallest absolute Gasteiger partial charge is 0.251 e. The summed E-state index contributed by atoms with van der Waals surface area (Å²) in [5.74, 6) is -2.00. The van der Waals surface area contributed by atoms with Crippen LogP contribution in [0, 0.1) is 0 Å². The summed E-state index contributed by atoms with van der Waals surface area (Å²) >= 11 is 3.24. The number of benzene rings is 2. The van der Waals surface area contributed by atoms with Crippen molar-refractivity contribution in [3.8, 4) is 0 Å². The maximum absolute atomic E-state index is 12.9. The summed E-state index contributed by atoms with van der Waals surface area (Å²) in [6.07, 6.45) is 0. The molecule has 0 atom stereocenters. The summed E-state index contributed by atoms with van der Waals surface area (Å²) in [6, 6.07) is 11.9. The van der Waals surface area contributed by atoms with Gasteiger partial charge >= 0.3 is 0 Å². The predicted octanol–water partition coefficient (Wildman–Crippen LogP) is 1.86. The van der Waals surface area contributed by atoms with Crippen molar-refractivity contribution in [1.29, 1.82) is 0 Å². The first-order chi connectivity index (χ1) is 13.4. The van der Waals surface area contributed by atoms with Gasteiger partial charge < -0.3 is 16.4 Å². The molecule has 0 aliphatic heterocycles. The van der Waals surface area contributed by atoms with E-state index in [-0.39, 0.29) is 22.7 Å². The number of carbonyl (C=O) groups is 3. The fraction of sp³-hybridized carbons (Fsp3) is 0.211. The molecule has 8 nitrogen and oxygen atoms in total. The highest BCUT2D eigenvalue weighted by atomic mass is 79.9. The highest BCUT2D eigenvalue weighted by Crippen LogP contribution is 2.28. The molecule has 0 saturated carbocycles. The van der Waals surface area contributed by atoms with Crippen molar-refractivity contribution < 1.29 is 22.8 Å². The van der Waals surface area contributed by atoms with E-state index in [2.05, 4.69) is 26.6 Å². The van der Waals surface area contributed by atoms with E-state index in [4.69, 9.17) is 5.73 Å². The van der Waals surface area contributed by atoms with Crippen LogP contribution in [0.1, 0.15) is 24.2 Å². The number of nitrogens with two attached hydrogens (primary N) is 1. The van der Waals surface area contributed by atoms with Gasteiger partial charge in [-0.3, -0.25) is 14.4 Å². The van der Waals surface area contributed by atoms with Crippen LogP contribution in [0.2, 0.25) is 0 Å². The third-order valence-electron chi connectivity index (χ3n) is 4.15. The van der Waals surface area contributed by atoms with Crippen LogP contribution in [0.15, 0.2) is 57.9 Å². The largest absolute Gasteiger partial charge is 0.368 e. The van der Waals surface area contributed by atoms with Crippen LogP contribution in [0.3, 0.4) is 0 Å². The Morgan fingerprint density at radius 3 is 2.28 bits per heavy atom. The molecule has 10 heteroatoms. The average Bonchev–Trinajstić information content (AvgIpc) is 2.66. The topological polar surface area (TPSA) is 135 Å². The maximum Gasteiger partial charge on any atom is 0.251 e. The second-order valence-corrected chi connectivity index (χ2v) is 10.1. The first-order valence-corrected chi connectivity index (χ1v) is 10.7. The molecule has 0 heterocycles. The second kappa shape index (κ2) is 8.75. The van der Waals surface area contributed by atoms with Gasteiger partial charge in [0.05, 0.1) is 11.4 Å². The molecule has 0 fully saturated rings. The number of primary amides is 1. The Morgan fingerprint density at radius 2 is 1.69 bits per heavy atom. The van der Waals surface area contributed by atoms with E-state index in [1.54, 1.807) is 12.1 Å². The molecule has 2 aromatic rings. The Kier molecular flexibility index (Phi) is 6.81. The minimum atomic E-state index is -3.98. The first-order valence-electron chi connectivity index (χ1n) is 8.43. The van der Waals surface area contributed by atoms with Gasteiger partial charge in [0.25, 0.3) is 5.91 Å². The van der Waals surface area contributed by atoms with Crippen molar-refractivity contribution in [2.24, 2.45) is 5.73 Å². The Hall–Kier alpha value is -2.72. The number of hydrogen-bond acceptors (Lipinski definition) is 5. The van der Waals surface area contributed by atoms with Crippen LogP contribution in [-0.4, -0.2) is 37.4 Å². The highest BCUT2D eigenvalue weighted by Gasteiger charge is 2.42. The molecule has 0 bridgehead atoms. The van der Waals surface area contributed by atoms with Gasteiger partial charge in [0, 0.05) is 15.7 Å². The maximum atomic E-state index is 12.9. The summed E-state index contributed by atoms with van der Waals surface area (Å²) in [5, 5.41) is 4.86. The zero-order chi connectivity index (χ0) is 21.8. The van der Waals surface area contributed by atoms with Crippen molar-refractivity contribution in [3.63, 3.8) is 0 Å². The molecular formula is C19H20BrN3O5S. The number of amides is 3. The van der Waals surface area contributed by atoms with Crippen LogP contribution in [0.5, 0.6) is 0 Å². The zero-order valence-corrected chi connectivity index (χ0v) is 18.1. The number of nitrogens with one attached hydrogen (secondary N) is 2.